The number of aromatic nitrogens is 2. The monoisotopic (exact) mass is 462 g/mol. The Morgan fingerprint density at radius 3 is 2.24 bits per heavy atom. The van der Waals surface area contributed by atoms with E-state index < -0.39 is 23.4 Å². The lowest BCUT2D eigenvalue weighted by atomic mass is 9.92. The molecule has 0 atom stereocenters. The number of aromatic carboxylic acids is 1. The van der Waals surface area contributed by atoms with Crippen LogP contribution in [0.15, 0.2) is 54.7 Å². The number of anilines is 1. The summed E-state index contributed by atoms with van der Waals surface area (Å²) in [6.07, 6.45) is 0.536. The number of carboxylic acid groups (broad SMARTS) is 1. The SMILES string of the molecule is Cn1ncc(C(=O)O)c1NC(=O)C(C)(C)CNC(=O)OCC1c2ccccc2-c2ccccc21. The van der Waals surface area contributed by atoms with Crippen molar-refractivity contribution in [1.29, 1.82) is 0 Å². The van der Waals surface area contributed by atoms with Crippen LogP contribution >= 0.6 is 0 Å². The Labute approximate surface area is 196 Å². The zero-order valence-corrected chi connectivity index (χ0v) is 19.2. The van der Waals surface area contributed by atoms with Gasteiger partial charge in [-0.1, -0.05) is 48.5 Å². The van der Waals surface area contributed by atoms with Gasteiger partial charge in [0, 0.05) is 19.5 Å². The molecule has 0 spiro atoms. The van der Waals surface area contributed by atoms with Gasteiger partial charge in [-0.2, -0.15) is 5.10 Å². The summed E-state index contributed by atoms with van der Waals surface area (Å²) in [4.78, 5) is 36.6. The molecule has 34 heavy (non-hydrogen) atoms. The smallest absolute Gasteiger partial charge is 0.407 e. The second-order valence-electron chi connectivity index (χ2n) is 8.85. The average molecular weight is 463 g/mol. The van der Waals surface area contributed by atoms with Crippen molar-refractivity contribution >= 4 is 23.8 Å². The molecule has 3 N–H and O–H groups in total. The number of hydrogen-bond acceptors (Lipinski definition) is 5. The number of carbonyl (C=O) groups excluding carboxylic acids is 2. The van der Waals surface area contributed by atoms with Gasteiger partial charge in [-0.15, -0.1) is 0 Å². The molecule has 9 nitrogen and oxygen atoms in total. The number of carbonyl (C=O) groups is 3. The normalized spacial score (nSPS) is 12.6. The van der Waals surface area contributed by atoms with E-state index in [1.165, 1.54) is 17.9 Å². The Bertz CT molecular complexity index is 1220. The fraction of sp³-hybridized carbons (Fsp3) is 0.280. The largest absolute Gasteiger partial charge is 0.477 e. The zero-order valence-electron chi connectivity index (χ0n) is 19.2. The van der Waals surface area contributed by atoms with Gasteiger partial charge in [0.05, 0.1) is 11.6 Å². The van der Waals surface area contributed by atoms with E-state index in [1.807, 2.05) is 36.4 Å². The molecule has 1 aliphatic carbocycles. The highest BCUT2D eigenvalue weighted by Gasteiger charge is 2.32. The number of hydrogen-bond donors (Lipinski definition) is 3. The Kier molecular flexibility index (Phi) is 6.10. The number of amides is 2. The van der Waals surface area contributed by atoms with Crippen LogP contribution in [-0.4, -0.2) is 46.0 Å². The molecule has 1 aliphatic rings. The van der Waals surface area contributed by atoms with Crippen molar-refractivity contribution in [2.24, 2.45) is 12.5 Å². The molecule has 2 aromatic carbocycles. The van der Waals surface area contributed by atoms with Crippen molar-refractivity contribution < 1.29 is 24.2 Å². The molecule has 0 saturated heterocycles. The number of aryl methyl sites for hydroxylation is 1. The highest BCUT2D eigenvalue weighted by Crippen LogP contribution is 2.44. The van der Waals surface area contributed by atoms with Gasteiger partial charge in [0.2, 0.25) is 5.91 Å². The predicted molar refractivity (Wildman–Crippen MR) is 126 cm³/mol. The minimum atomic E-state index is -1.20. The van der Waals surface area contributed by atoms with Crippen LogP contribution in [0.2, 0.25) is 0 Å². The molecule has 1 aromatic heterocycles. The molecular weight excluding hydrogens is 436 g/mol. The fourth-order valence-corrected chi connectivity index (χ4v) is 4.04. The Balaban J connectivity index is 1.36. The number of fused-ring (bicyclic) bond motifs is 3. The van der Waals surface area contributed by atoms with E-state index in [1.54, 1.807) is 13.8 Å². The summed E-state index contributed by atoms with van der Waals surface area (Å²) in [5.74, 6) is -1.64. The van der Waals surface area contributed by atoms with Crippen LogP contribution in [0.4, 0.5) is 10.6 Å². The van der Waals surface area contributed by atoms with Gasteiger partial charge in [-0.25, -0.2) is 9.59 Å². The molecule has 0 bridgehead atoms. The molecule has 0 unspecified atom stereocenters. The van der Waals surface area contributed by atoms with Crippen LogP contribution in [0.5, 0.6) is 0 Å². The summed E-state index contributed by atoms with van der Waals surface area (Å²) in [7, 11) is 1.53. The first-order valence-corrected chi connectivity index (χ1v) is 10.8. The molecule has 0 radical (unpaired) electrons. The minimum Gasteiger partial charge on any atom is -0.477 e. The average Bonchev–Trinajstić information content (AvgIpc) is 3.34. The first-order valence-electron chi connectivity index (χ1n) is 10.8. The number of benzene rings is 2. The third kappa shape index (κ3) is 4.36. The van der Waals surface area contributed by atoms with Gasteiger partial charge in [0.15, 0.2) is 0 Å². The molecule has 4 rings (SSSR count). The van der Waals surface area contributed by atoms with E-state index in [0.29, 0.717) is 0 Å². The summed E-state index contributed by atoms with van der Waals surface area (Å²) in [6.45, 7) is 3.45. The van der Waals surface area contributed by atoms with E-state index in [4.69, 9.17) is 4.74 Å². The molecular formula is C25H26N4O5. The van der Waals surface area contributed by atoms with Crippen LogP contribution in [0, 0.1) is 5.41 Å². The van der Waals surface area contributed by atoms with E-state index in [0.717, 1.165) is 22.3 Å². The maximum Gasteiger partial charge on any atom is 0.407 e. The number of rotatable bonds is 7. The molecule has 0 saturated carbocycles. The van der Waals surface area contributed by atoms with Crippen LogP contribution < -0.4 is 10.6 Å². The quantitative estimate of drug-likeness (QED) is 0.493. The summed E-state index contributed by atoms with van der Waals surface area (Å²) in [6, 6.07) is 16.1. The predicted octanol–water partition coefficient (Wildman–Crippen LogP) is 3.62. The van der Waals surface area contributed by atoms with Gasteiger partial charge in [0.1, 0.15) is 18.0 Å². The third-order valence-corrected chi connectivity index (χ3v) is 6.03. The lowest BCUT2D eigenvalue weighted by Gasteiger charge is -2.24. The molecule has 0 aliphatic heterocycles. The van der Waals surface area contributed by atoms with Gasteiger partial charge in [0.25, 0.3) is 0 Å². The maximum absolute atomic E-state index is 12.8. The Morgan fingerprint density at radius 2 is 1.65 bits per heavy atom. The standard InChI is InChI=1S/C25H26N4O5/c1-25(2,23(32)28-21-19(22(30)31)12-27-29(21)3)14-26-24(33)34-13-20-17-10-6-4-8-15(17)16-9-5-7-11-18(16)20/h4-12,20H,13-14H2,1-3H3,(H,26,33)(H,28,32)(H,30,31). The molecule has 176 valence electrons. The number of nitrogens with one attached hydrogen (secondary N) is 2. The van der Waals surface area contributed by atoms with Crippen molar-refractivity contribution in [3.63, 3.8) is 0 Å². The Hall–Kier alpha value is -4.14. The number of nitrogens with zero attached hydrogens (tertiary/aromatic N) is 2. The summed E-state index contributed by atoms with van der Waals surface area (Å²) < 4.78 is 6.79. The van der Waals surface area contributed by atoms with Crippen LogP contribution in [-0.2, 0) is 16.6 Å². The lowest BCUT2D eigenvalue weighted by Crippen LogP contribution is -2.42. The third-order valence-electron chi connectivity index (χ3n) is 6.03. The molecule has 9 heteroatoms. The van der Waals surface area contributed by atoms with E-state index in [-0.39, 0.29) is 30.5 Å². The second-order valence-corrected chi connectivity index (χ2v) is 8.85. The minimum absolute atomic E-state index is 0.00420. The van der Waals surface area contributed by atoms with Crippen molar-refractivity contribution in [1.82, 2.24) is 15.1 Å². The first kappa shape index (κ1) is 23.0. The highest BCUT2D eigenvalue weighted by atomic mass is 16.5. The topological polar surface area (TPSA) is 123 Å². The van der Waals surface area contributed by atoms with Gasteiger partial charge >= 0.3 is 12.1 Å². The van der Waals surface area contributed by atoms with Gasteiger partial charge in [-0.3, -0.25) is 9.48 Å². The van der Waals surface area contributed by atoms with Crippen molar-refractivity contribution in [2.45, 2.75) is 19.8 Å². The number of alkyl carbamates (subject to hydrolysis) is 1. The van der Waals surface area contributed by atoms with Crippen molar-refractivity contribution in [3.05, 3.63) is 71.4 Å². The van der Waals surface area contributed by atoms with E-state index >= 15 is 0 Å². The van der Waals surface area contributed by atoms with Crippen LogP contribution in [0.25, 0.3) is 11.1 Å². The molecule has 2 amide bonds. The molecule has 1 heterocycles. The van der Waals surface area contributed by atoms with Gasteiger partial charge < -0.3 is 20.5 Å². The zero-order chi connectivity index (χ0) is 24.5. The Morgan fingerprint density at radius 1 is 1.06 bits per heavy atom. The number of ether oxygens (including phenoxy) is 1. The van der Waals surface area contributed by atoms with Crippen LogP contribution in [0.3, 0.4) is 0 Å². The highest BCUT2D eigenvalue weighted by molar-refractivity contribution is 6.01. The van der Waals surface area contributed by atoms with Crippen LogP contribution in [0.1, 0.15) is 41.3 Å². The van der Waals surface area contributed by atoms with E-state index in [9.17, 15) is 19.5 Å². The van der Waals surface area contributed by atoms with Crippen molar-refractivity contribution in [2.75, 3.05) is 18.5 Å². The van der Waals surface area contributed by atoms with Crippen molar-refractivity contribution in [3.8, 4) is 11.1 Å². The summed E-state index contributed by atoms with van der Waals surface area (Å²) in [5.41, 5.74) is 3.35. The lowest BCUT2D eigenvalue weighted by molar-refractivity contribution is -0.123. The number of carboxylic acids is 1. The summed E-state index contributed by atoms with van der Waals surface area (Å²) >= 11 is 0. The first-order chi connectivity index (χ1) is 16.2. The maximum atomic E-state index is 12.8. The molecule has 3 aromatic rings. The van der Waals surface area contributed by atoms with Gasteiger partial charge in [-0.05, 0) is 36.1 Å². The van der Waals surface area contributed by atoms with E-state index in [2.05, 4.69) is 27.9 Å². The summed E-state index contributed by atoms with van der Waals surface area (Å²) in [5, 5.41) is 18.4. The molecule has 0 fully saturated rings. The fourth-order valence-electron chi connectivity index (χ4n) is 4.04. The second kappa shape index (κ2) is 9.01.